The van der Waals surface area contributed by atoms with Crippen molar-refractivity contribution in [2.45, 2.75) is 0 Å². The zero-order valence-electron chi connectivity index (χ0n) is 30.1. The molecule has 0 amide bonds. The topological polar surface area (TPSA) is 51.8 Å². The molecular weight excluding hydrogens is 703 g/mol. The summed E-state index contributed by atoms with van der Waals surface area (Å²) < 4.78 is 9.73. The molecule has 0 unspecified atom stereocenters. The van der Waals surface area contributed by atoms with E-state index in [-0.39, 0.29) is 0 Å². The molecule has 56 heavy (non-hydrogen) atoms. The van der Waals surface area contributed by atoms with Crippen molar-refractivity contribution in [3.05, 3.63) is 188 Å². The molecule has 0 N–H and O–H groups in total. The first-order valence-corrected chi connectivity index (χ1v) is 19.5. The lowest BCUT2D eigenvalue weighted by Gasteiger charge is -2.11. The number of fused-ring (bicyclic) bond motifs is 6. The summed E-state index contributed by atoms with van der Waals surface area (Å²) in [7, 11) is 0. The van der Waals surface area contributed by atoms with Crippen LogP contribution in [0.1, 0.15) is 0 Å². The monoisotopic (exact) mass is 733 g/mol. The summed E-state index contributed by atoms with van der Waals surface area (Å²) >= 11 is 1.82. The molecule has 8 aromatic carbocycles. The number of benzene rings is 8. The molecule has 11 aromatic rings. The minimum atomic E-state index is 0.586. The van der Waals surface area contributed by atoms with E-state index in [0.29, 0.717) is 17.5 Å². The summed E-state index contributed by atoms with van der Waals surface area (Å²) in [4.78, 5) is 15.4. The number of rotatable bonds is 6. The van der Waals surface area contributed by atoms with E-state index in [1.807, 2.05) is 72.0 Å². The van der Waals surface area contributed by atoms with Crippen LogP contribution in [-0.2, 0) is 0 Å². The van der Waals surface area contributed by atoms with E-state index >= 15 is 0 Å². The Bertz CT molecular complexity index is 3170. The second-order valence-corrected chi connectivity index (χ2v) is 15.0. The SMILES string of the molecule is c1ccc(-c2cc(-c3ccccc3)c3oc4c(-c5ccc6c(c5)sc5ccccc56)ccc(-c5nc(-c6ccccc6)nc(-c6ccccc6)n5)c4c3c2)cc1. The zero-order chi connectivity index (χ0) is 37.0. The maximum atomic E-state index is 7.21. The second kappa shape index (κ2) is 13.3. The highest BCUT2D eigenvalue weighted by atomic mass is 32.1. The van der Waals surface area contributed by atoms with E-state index in [9.17, 15) is 0 Å². The van der Waals surface area contributed by atoms with Crippen LogP contribution in [-0.4, -0.2) is 15.0 Å². The van der Waals surface area contributed by atoms with Gasteiger partial charge in [0.2, 0.25) is 0 Å². The van der Waals surface area contributed by atoms with E-state index in [2.05, 4.69) is 127 Å². The van der Waals surface area contributed by atoms with Gasteiger partial charge >= 0.3 is 0 Å². The average molecular weight is 734 g/mol. The summed E-state index contributed by atoms with van der Waals surface area (Å²) in [6, 6.07) is 65.6. The summed E-state index contributed by atoms with van der Waals surface area (Å²) in [5.74, 6) is 1.82. The second-order valence-electron chi connectivity index (χ2n) is 13.9. The molecule has 0 saturated heterocycles. The standard InChI is InChI=1S/C51H31N3OS/c1-5-15-32(16-6-1)37-29-42(33-17-7-2-8-18-33)47-43(30-37)46-41(51-53-49(34-19-9-3-10-20-34)52-50(54-51)35-21-11-4-12-22-35)28-27-38(48(46)55-47)36-25-26-40-39-23-13-14-24-44(39)56-45(40)31-36/h1-31H. The van der Waals surface area contributed by atoms with Crippen molar-refractivity contribution >= 4 is 53.4 Å². The number of furan rings is 1. The lowest BCUT2D eigenvalue weighted by Crippen LogP contribution is -2.00. The molecule has 0 fully saturated rings. The van der Waals surface area contributed by atoms with Gasteiger partial charge in [0.25, 0.3) is 0 Å². The van der Waals surface area contributed by atoms with Crippen LogP contribution in [0.5, 0.6) is 0 Å². The van der Waals surface area contributed by atoms with Crippen molar-refractivity contribution in [2.24, 2.45) is 0 Å². The Morgan fingerprint density at radius 2 is 0.875 bits per heavy atom. The van der Waals surface area contributed by atoms with Gasteiger partial charge in [-0.1, -0.05) is 152 Å². The zero-order valence-corrected chi connectivity index (χ0v) is 30.9. The normalized spacial score (nSPS) is 11.6. The Morgan fingerprint density at radius 3 is 1.55 bits per heavy atom. The van der Waals surface area contributed by atoms with Crippen LogP contribution in [0, 0.1) is 0 Å². The average Bonchev–Trinajstić information content (AvgIpc) is 3.85. The fourth-order valence-electron chi connectivity index (χ4n) is 7.85. The molecule has 4 nitrogen and oxygen atoms in total. The molecule has 0 radical (unpaired) electrons. The molecular formula is C51H31N3OS. The van der Waals surface area contributed by atoms with Crippen LogP contribution in [0.15, 0.2) is 192 Å². The predicted octanol–water partition coefficient (Wildman–Crippen LogP) is 14.1. The van der Waals surface area contributed by atoms with Gasteiger partial charge < -0.3 is 4.42 Å². The molecule has 5 heteroatoms. The molecule has 0 saturated carbocycles. The number of thiophene rings is 1. The first-order chi connectivity index (χ1) is 27.7. The molecule has 0 spiro atoms. The smallest absolute Gasteiger partial charge is 0.164 e. The van der Waals surface area contributed by atoms with Crippen LogP contribution in [0.2, 0.25) is 0 Å². The van der Waals surface area contributed by atoms with E-state index < -0.39 is 0 Å². The van der Waals surface area contributed by atoms with Crippen LogP contribution in [0.25, 0.3) is 110 Å². The minimum absolute atomic E-state index is 0.586. The Labute approximate surface area is 327 Å². The van der Waals surface area contributed by atoms with Crippen LogP contribution in [0.4, 0.5) is 0 Å². The van der Waals surface area contributed by atoms with E-state index in [1.54, 1.807) is 0 Å². The van der Waals surface area contributed by atoms with Gasteiger partial charge in [0.05, 0.1) is 0 Å². The molecule has 3 heterocycles. The van der Waals surface area contributed by atoms with Crippen LogP contribution in [0.3, 0.4) is 0 Å². The molecule has 0 atom stereocenters. The Kier molecular flexibility index (Phi) is 7.64. The lowest BCUT2D eigenvalue weighted by molar-refractivity contribution is 0.671. The van der Waals surface area contributed by atoms with Crippen molar-refractivity contribution in [2.75, 3.05) is 0 Å². The van der Waals surface area contributed by atoms with E-state index in [1.165, 1.54) is 20.2 Å². The highest BCUT2D eigenvalue weighted by Crippen LogP contribution is 2.47. The third kappa shape index (κ3) is 5.48. The summed E-state index contributed by atoms with van der Waals surface area (Å²) in [6.45, 7) is 0. The summed E-state index contributed by atoms with van der Waals surface area (Å²) in [5.41, 5.74) is 10.8. The highest BCUT2D eigenvalue weighted by molar-refractivity contribution is 7.25. The van der Waals surface area contributed by atoms with Gasteiger partial charge in [-0.15, -0.1) is 11.3 Å². The van der Waals surface area contributed by atoms with Crippen molar-refractivity contribution in [3.8, 4) is 67.5 Å². The molecule has 0 bridgehead atoms. The fraction of sp³-hybridized carbons (Fsp3) is 0. The van der Waals surface area contributed by atoms with E-state index in [4.69, 9.17) is 19.4 Å². The van der Waals surface area contributed by atoms with Gasteiger partial charge in [-0.3, -0.25) is 0 Å². The predicted molar refractivity (Wildman–Crippen MR) is 233 cm³/mol. The van der Waals surface area contributed by atoms with Gasteiger partial charge in [0.15, 0.2) is 17.5 Å². The first kappa shape index (κ1) is 32.2. The largest absolute Gasteiger partial charge is 0.455 e. The Morgan fingerprint density at radius 1 is 0.321 bits per heavy atom. The summed E-state index contributed by atoms with van der Waals surface area (Å²) in [6.07, 6.45) is 0. The maximum Gasteiger partial charge on any atom is 0.164 e. The van der Waals surface area contributed by atoms with Gasteiger partial charge in [-0.25, -0.2) is 15.0 Å². The Balaban J connectivity index is 1.24. The maximum absolute atomic E-state index is 7.21. The highest BCUT2D eigenvalue weighted by Gasteiger charge is 2.24. The van der Waals surface area contributed by atoms with Gasteiger partial charge in [0, 0.05) is 58.8 Å². The van der Waals surface area contributed by atoms with Crippen molar-refractivity contribution in [1.82, 2.24) is 15.0 Å². The summed E-state index contributed by atoms with van der Waals surface area (Å²) in [5, 5.41) is 4.51. The molecule has 0 aliphatic carbocycles. The third-order valence-corrected chi connectivity index (χ3v) is 11.7. The van der Waals surface area contributed by atoms with Gasteiger partial charge in [-0.2, -0.15) is 0 Å². The van der Waals surface area contributed by atoms with Crippen molar-refractivity contribution < 1.29 is 4.42 Å². The number of nitrogens with zero attached hydrogens (tertiary/aromatic N) is 3. The molecule has 262 valence electrons. The van der Waals surface area contributed by atoms with Gasteiger partial charge in [-0.05, 0) is 58.7 Å². The first-order valence-electron chi connectivity index (χ1n) is 18.7. The quantitative estimate of drug-likeness (QED) is 0.171. The van der Waals surface area contributed by atoms with Crippen molar-refractivity contribution in [3.63, 3.8) is 0 Å². The molecule has 0 aliphatic heterocycles. The number of aromatic nitrogens is 3. The van der Waals surface area contributed by atoms with E-state index in [0.717, 1.165) is 72.0 Å². The number of hydrogen-bond donors (Lipinski definition) is 0. The molecule has 3 aromatic heterocycles. The minimum Gasteiger partial charge on any atom is -0.455 e. The lowest BCUT2D eigenvalue weighted by atomic mass is 9.93. The fourth-order valence-corrected chi connectivity index (χ4v) is 8.99. The van der Waals surface area contributed by atoms with Crippen molar-refractivity contribution in [1.29, 1.82) is 0 Å². The molecule has 11 rings (SSSR count). The third-order valence-electron chi connectivity index (χ3n) is 10.5. The molecule has 0 aliphatic rings. The number of hydrogen-bond acceptors (Lipinski definition) is 5. The van der Waals surface area contributed by atoms with Crippen LogP contribution >= 0.6 is 11.3 Å². The van der Waals surface area contributed by atoms with Crippen LogP contribution < -0.4 is 0 Å². The van der Waals surface area contributed by atoms with Gasteiger partial charge in [0.1, 0.15) is 11.2 Å². The Hall–Kier alpha value is -7.21.